The SMILES string of the molecule is CCCc1nnc(NC(=O)c2cc(OC)ccc2Br)s1. The van der Waals surface area contributed by atoms with Gasteiger partial charge in [0.2, 0.25) is 5.13 Å². The first-order valence-corrected chi connectivity index (χ1v) is 7.72. The van der Waals surface area contributed by atoms with E-state index in [-0.39, 0.29) is 5.91 Å². The summed E-state index contributed by atoms with van der Waals surface area (Å²) in [7, 11) is 1.56. The molecule has 1 N–H and O–H groups in total. The largest absolute Gasteiger partial charge is 0.497 e. The highest BCUT2D eigenvalue weighted by Gasteiger charge is 2.14. The van der Waals surface area contributed by atoms with Crippen molar-refractivity contribution in [3.63, 3.8) is 0 Å². The minimum Gasteiger partial charge on any atom is -0.497 e. The van der Waals surface area contributed by atoms with Gasteiger partial charge in [-0.2, -0.15) is 0 Å². The highest BCUT2D eigenvalue weighted by atomic mass is 79.9. The summed E-state index contributed by atoms with van der Waals surface area (Å²) in [6, 6.07) is 5.23. The Balaban J connectivity index is 2.14. The van der Waals surface area contributed by atoms with E-state index in [1.165, 1.54) is 11.3 Å². The van der Waals surface area contributed by atoms with E-state index in [1.54, 1.807) is 25.3 Å². The molecule has 0 atom stereocenters. The molecule has 1 aromatic heterocycles. The Morgan fingerprint density at radius 3 is 2.95 bits per heavy atom. The van der Waals surface area contributed by atoms with E-state index in [9.17, 15) is 4.79 Å². The number of halogens is 1. The maximum atomic E-state index is 12.2. The summed E-state index contributed by atoms with van der Waals surface area (Å²) in [6.07, 6.45) is 1.88. The van der Waals surface area contributed by atoms with Gasteiger partial charge >= 0.3 is 0 Å². The van der Waals surface area contributed by atoms with Crippen molar-refractivity contribution in [1.29, 1.82) is 0 Å². The Hall–Kier alpha value is -1.47. The molecule has 0 fully saturated rings. The van der Waals surface area contributed by atoms with Crippen LogP contribution in [0.4, 0.5) is 5.13 Å². The lowest BCUT2D eigenvalue weighted by Crippen LogP contribution is -2.12. The van der Waals surface area contributed by atoms with Crippen LogP contribution in [0.15, 0.2) is 22.7 Å². The van der Waals surface area contributed by atoms with Crippen molar-refractivity contribution < 1.29 is 9.53 Å². The zero-order chi connectivity index (χ0) is 14.5. The third-order valence-electron chi connectivity index (χ3n) is 2.57. The Kier molecular flexibility index (Phi) is 5.08. The van der Waals surface area contributed by atoms with Crippen molar-refractivity contribution in [3.05, 3.63) is 33.2 Å². The van der Waals surface area contributed by atoms with Crippen molar-refractivity contribution in [2.24, 2.45) is 0 Å². The maximum absolute atomic E-state index is 12.2. The van der Waals surface area contributed by atoms with Gasteiger partial charge in [0.25, 0.3) is 5.91 Å². The number of aromatic nitrogens is 2. The number of aryl methyl sites for hydroxylation is 1. The highest BCUT2D eigenvalue weighted by molar-refractivity contribution is 9.10. The third-order valence-corrected chi connectivity index (χ3v) is 4.16. The van der Waals surface area contributed by atoms with E-state index in [0.29, 0.717) is 20.9 Å². The molecule has 0 aliphatic rings. The van der Waals surface area contributed by atoms with Crippen molar-refractivity contribution in [1.82, 2.24) is 10.2 Å². The summed E-state index contributed by atoms with van der Waals surface area (Å²) in [5.41, 5.74) is 0.497. The van der Waals surface area contributed by atoms with Gasteiger partial charge in [-0.1, -0.05) is 18.3 Å². The lowest BCUT2D eigenvalue weighted by atomic mass is 10.2. The number of rotatable bonds is 5. The van der Waals surface area contributed by atoms with Crippen molar-refractivity contribution in [2.75, 3.05) is 12.4 Å². The molecule has 7 heteroatoms. The van der Waals surface area contributed by atoms with Crippen LogP contribution in [-0.2, 0) is 6.42 Å². The van der Waals surface area contributed by atoms with Crippen LogP contribution in [0.25, 0.3) is 0 Å². The molecular weight excluding hydrogens is 342 g/mol. The van der Waals surface area contributed by atoms with Crippen LogP contribution in [0.3, 0.4) is 0 Å². The molecule has 0 radical (unpaired) electrons. The zero-order valence-corrected chi connectivity index (χ0v) is 13.5. The van der Waals surface area contributed by atoms with Crippen LogP contribution in [0.1, 0.15) is 28.7 Å². The molecule has 0 saturated heterocycles. The first-order chi connectivity index (χ1) is 9.63. The van der Waals surface area contributed by atoms with Crippen molar-refractivity contribution >= 4 is 38.3 Å². The average molecular weight is 356 g/mol. The molecule has 0 bridgehead atoms. The Morgan fingerprint density at radius 1 is 1.45 bits per heavy atom. The molecule has 1 aromatic carbocycles. The Bertz CT molecular complexity index is 615. The van der Waals surface area contributed by atoms with Gasteiger partial charge in [-0.05, 0) is 40.5 Å². The van der Waals surface area contributed by atoms with E-state index in [1.807, 2.05) is 0 Å². The van der Waals surface area contributed by atoms with Crippen LogP contribution in [0.5, 0.6) is 5.75 Å². The number of ether oxygens (including phenoxy) is 1. The highest BCUT2D eigenvalue weighted by Crippen LogP contribution is 2.24. The Morgan fingerprint density at radius 2 is 2.25 bits per heavy atom. The number of carbonyl (C=O) groups is 1. The van der Waals surface area contributed by atoms with E-state index in [0.717, 1.165) is 17.8 Å². The molecule has 0 aliphatic carbocycles. The molecular formula is C13H14BrN3O2S. The number of hydrogen-bond acceptors (Lipinski definition) is 5. The second-order valence-electron chi connectivity index (χ2n) is 4.05. The molecule has 5 nitrogen and oxygen atoms in total. The van der Waals surface area contributed by atoms with Crippen LogP contribution in [-0.4, -0.2) is 23.2 Å². The van der Waals surface area contributed by atoms with E-state index in [4.69, 9.17) is 4.74 Å². The minimum atomic E-state index is -0.241. The molecule has 1 amide bonds. The molecule has 2 rings (SSSR count). The second-order valence-corrected chi connectivity index (χ2v) is 5.97. The predicted octanol–water partition coefficient (Wildman–Crippen LogP) is 3.51. The molecule has 0 aliphatic heterocycles. The number of nitrogens with zero attached hydrogens (tertiary/aromatic N) is 2. The van der Waals surface area contributed by atoms with Gasteiger partial charge in [0.05, 0.1) is 12.7 Å². The molecule has 0 saturated carbocycles. The van der Waals surface area contributed by atoms with Gasteiger partial charge < -0.3 is 4.74 Å². The number of nitrogens with one attached hydrogen (secondary N) is 1. The number of carbonyl (C=O) groups excluding carboxylic acids is 1. The van der Waals surface area contributed by atoms with Gasteiger partial charge in [0.1, 0.15) is 10.8 Å². The van der Waals surface area contributed by atoms with Crippen LogP contribution in [0, 0.1) is 0 Å². The lowest BCUT2D eigenvalue weighted by molar-refractivity contribution is 0.102. The first-order valence-electron chi connectivity index (χ1n) is 6.11. The van der Waals surface area contributed by atoms with Crippen molar-refractivity contribution in [3.8, 4) is 5.75 Å². The summed E-state index contributed by atoms with van der Waals surface area (Å²) in [4.78, 5) is 12.2. The fourth-order valence-electron chi connectivity index (χ4n) is 1.59. The number of methoxy groups -OCH3 is 1. The molecule has 0 unspecified atom stereocenters. The predicted molar refractivity (Wildman–Crippen MR) is 82.6 cm³/mol. The Labute approximate surface area is 129 Å². The van der Waals surface area contributed by atoms with Crippen LogP contribution >= 0.6 is 27.3 Å². The number of hydrogen-bond donors (Lipinski definition) is 1. The van der Waals surface area contributed by atoms with Gasteiger partial charge in [0, 0.05) is 10.9 Å². The number of anilines is 1. The number of amides is 1. The summed E-state index contributed by atoms with van der Waals surface area (Å²) < 4.78 is 5.82. The molecule has 1 heterocycles. The van der Waals surface area contributed by atoms with Crippen LogP contribution < -0.4 is 10.1 Å². The van der Waals surface area contributed by atoms with Crippen LogP contribution in [0.2, 0.25) is 0 Å². The second kappa shape index (κ2) is 6.81. The fraction of sp³-hybridized carbons (Fsp3) is 0.308. The topological polar surface area (TPSA) is 64.1 Å². The van der Waals surface area contributed by atoms with Gasteiger partial charge in [-0.25, -0.2) is 0 Å². The minimum absolute atomic E-state index is 0.241. The molecule has 20 heavy (non-hydrogen) atoms. The normalized spacial score (nSPS) is 10.3. The molecule has 0 spiro atoms. The molecule has 2 aromatic rings. The first kappa shape index (κ1) is 14.9. The van der Waals surface area contributed by atoms with Gasteiger partial charge in [0.15, 0.2) is 0 Å². The van der Waals surface area contributed by atoms with Gasteiger partial charge in [-0.3, -0.25) is 10.1 Å². The number of benzene rings is 1. The summed E-state index contributed by atoms with van der Waals surface area (Å²) in [6.45, 7) is 2.08. The quantitative estimate of drug-likeness (QED) is 0.891. The van der Waals surface area contributed by atoms with Gasteiger partial charge in [-0.15, -0.1) is 10.2 Å². The lowest BCUT2D eigenvalue weighted by Gasteiger charge is -2.06. The van der Waals surface area contributed by atoms with E-state index < -0.39 is 0 Å². The smallest absolute Gasteiger partial charge is 0.258 e. The fourth-order valence-corrected chi connectivity index (χ4v) is 2.85. The summed E-state index contributed by atoms with van der Waals surface area (Å²) in [5, 5.41) is 12.2. The molecule has 106 valence electrons. The third kappa shape index (κ3) is 3.55. The van der Waals surface area contributed by atoms with E-state index >= 15 is 0 Å². The summed E-state index contributed by atoms with van der Waals surface area (Å²) in [5.74, 6) is 0.386. The van der Waals surface area contributed by atoms with Crippen molar-refractivity contribution in [2.45, 2.75) is 19.8 Å². The summed E-state index contributed by atoms with van der Waals surface area (Å²) >= 11 is 4.75. The van der Waals surface area contributed by atoms with E-state index in [2.05, 4.69) is 38.4 Å². The zero-order valence-electron chi connectivity index (χ0n) is 11.1. The maximum Gasteiger partial charge on any atom is 0.258 e. The monoisotopic (exact) mass is 355 g/mol. The standard InChI is InChI=1S/C13H14BrN3O2S/c1-3-4-11-16-17-13(20-11)15-12(18)9-7-8(19-2)5-6-10(9)14/h5-7H,3-4H2,1-2H3,(H,15,17,18). The average Bonchev–Trinajstić information content (AvgIpc) is 2.87.